The van der Waals surface area contributed by atoms with Gasteiger partial charge in [-0.25, -0.2) is 4.98 Å². The summed E-state index contributed by atoms with van der Waals surface area (Å²) in [5.74, 6) is 0. The van der Waals surface area contributed by atoms with Gasteiger partial charge < -0.3 is 0 Å². The Morgan fingerprint density at radius 3 is 2.44 bits per heavy atom. The van der Waals surface area contributed by atoms with Crippen LogP contribution in [0, 0.1) is 0 Å². The molecular formula is C12H7Cl2NO. The van der Waals surface area contributed by atoms with Gasteiger partial charge in [0.2, 0.25) is 0 Å². The third kappa shape index (κ3) is 2.40. The van der Waals surface area contributed by atoms with Crippen LogP contribution in [0.3, 0.4) is 0 Å². The van der Waals surface area contributed by atoms with E-state index in [4.69, 9.17) is 23.2 Å². The minimum absolute atomic E-state index is 0.255. The second-order valence-corrected chi connectivity index (χ2v) is 3.93. The van der Waals surface area contributed by atoms with Crippen LogP contribution >= 0.6 is 23.2 Å². The smallest absolute Gasteiger partial charge is 0.252 e. The Morgan fingerprint density at radius 1 is 1.12 bits per heavy atom. The van der Waals surface area contributed by atoms with Crippen molar-refractivity contribution in [3.05, 3.63) is 53.2 Å². The number of hydrogen-bond donors (Lipinski definition) is 0. The average molecular weight is 252 g/mol. The fraction of sp³-hybridized carbons (Fsp3) is 0. The Balaban J connectivity index is 2.54. The maximum Gasteiger partial charge on any atom is 0.252 e. The van der Waals surface area contributed by atoms with E-state index in [0.717, 1.165) is 5.56 Å². The highest BCUT2D eigenvalue weighted by Gasteiger charge is 2.07. The van der Waals surface area contributed by atoms with Crippen molar-refractivity contribution in [3.8, 4) is 11.3 Å². The van der Waals surface area contributed by atoms with E-state index in [2.05, 4.69) is 4.98 Å². The molecule has 80 valence electrons. The molecule has 2 aromatic rings. The third-order valence-electron chi connectivity index (χ3n) is 2.09. The van der Waals surface area contributed by atoms with E-state index in [9.17, 15) is 4.79 Å². The molecule has 16 heavy (non-hydrogen) atoms. The van der Waals surface area contributed by atoms with Crippen LogP contribution in [0.15, 0.2) is 42.5 Å². The molecular weight excluding hydrogens is 245 g/mol. The topological polar surface area (TPSA) is 30.0 Å². The molecule has 0 fully saturated rings. The molecule has 0 saturated heterocycles. The van der Waals surface area contributed by atoms with E-state index < -0.39 is 5.24 Å². The van der Waals surface area contributed by atoms with Crippen LogP contribution in [0.4, 0.5) is 0 Å². The van der Waals surface area contributed by atoms with Gasteiger partial charge in [-0.15, -0.1) is 0 Å². The van der Waals surface area contributed by atoms with Gasteiger partial charge in [0.05, 0.1) is 5.69 Å². The lowest BCUT2D eigenvalue weighted by molar-refractivity contribution is 0.108. The largest absolute Gasteiger partial charge is 0.276 e. The maximum absolute atomic E-state index is 11.1. The van der Waals surface area contributed by atoms with E-state index in [1.54, 1.807) is 6.07 Å². The molecule has 1 aromatic carbocycles. The molecule has 0 spiro atoms. The zero-order valence-electron chi connectivity index (χ0n) is 8.15. The van der Waals surface area contributed by atoms with Crippen LogP contribution in [0.2, 0.25) is 5.15 Å². The van der Waals surface area contributed by atoms with Crippen molar-refractivity contribution in [1.82, 2.24) is 4.98 Å². The van der Waals surface area contributed by atoms with Gasteiger partial charge in [-0.05, 0) is 23.7 Å². The monoisotopic (exact) mass is 251 g/mol. The van der Waals surface area contributed by atoms with Crippen molar-refractivity contribution >= 4 is 28.4 Å². The number of carbonyl (C=O) groups is 1. The summed E-state index contributed by atoms with van der Waals surface area (Å²) in [5, 5.41) is -0.285. The second-order valence-electron chi connectivity index (χ2n) is 3.20. The molecule has 0 bridgehead atoms. The summed E-state index contributed by atoms with van der Waals surface area (Å²) in [6.07, 6.45) is 0. The van der Waals surface area contributed by atoms with Gasteiger partial charge in [-0.3, -0.25) is 4.79 Å². The van der Waals surface area contributed by atoms with Gasteiger partial charge in [-0.2, -0.15) is 0 Å². The van der Waals surface area contributed by atoms with Crippen molar-refractivity contribution in [2.75, 3.05) is 0 Å². The zero-order valence-corrected chi connectivity index (χ0v) is 9.66. The number of carbonyl (C=O) groups excluding carboxylic acids is 1. The van der Waals surface area contributed by atoms with E-state index >= 15 is 0 Å². The van der Waals surface area contributed by atoms with Crippen LogP contribution in [0.25, 0.3) is 11.3 Å². The van der Waals surface area contributed by atoms with Gasteiger partial charge in [-0.1, -0.05) is 41.9 Å². The van der Waals surface area contributed by atoms with Gasteiger partial charge in [0, 0.05) is 11.1 Å². The van der Waals surface area contributed by atoms with E-state index in [1.165, 1.54) is 6.07 Å². The second kappa shape index (κ2) is 4.64. The molecule has 0 radical (unpaired) electrons. The van der Waals surface area contributed by atoms with Gasteiger partial charge in [0.15, 0.2) is 0 Å². The highest BCUT2D eigenvalue weighted by atomic mass is 35.5. The van der Waals surface area contributed by atoms with E-state index in [-0.39, 0.29) is 5.15 Å². The van der Waals surface area contributed by atoms with Crippen molar-refractivity contribution < 1.29 is 4.79 Å². The Labute approximate surface area is 103 Å². The first-order valence-electron chi connectivity index (χ1n) is 4.59. The summed E-state index contributed by atoms with van der Waals surface area (Å²) < 4.78 is 0. The fourth-order valence-electron chi connectivity index (χ4n) is 1.37. The van der Waals surface area contributed by atoms with Crippen molar-refractivity contribution in [3.63, 3.8) is 0 Å². The number of pyridine rings is 1. The molecule has 0 saturated carbocycles. The van der Waals surface area contributed by atoms with Crippen molar-refractivity contribution in [1.29, 1.82) is 0 Å². The lowest BCUT2D eigenvalue weighted by Crippen LogP contribution is -1.93. The summed E-state index contributed by atoms with van der Waals surface area (Å²) >= 11 is 11.2. The number of aromatic nitrogens is 1. The summed E-state index contributed by atoms with van der Waals surface area (Å²) in [4.78, 5) is 15.2. The van der Waals surface area contributed by atoms with Gasteiger partial charge in [0.1, 0.15) is 5.15 Å². The van der Waals surface area contributed by atoms with Gasteiger partial charge in [0.25, 0.3) is 5.24 Å². The predicted molar refractivity (Wildman–Crippen MR) is 64.9 cm³/mol. The highest BCUT2D eigenvalue weighted by molar-refractivity contribution is 6.67. The van der Waals surface area contributed by atoms with Crippen LogP contribution in [0.5, 0.6) is 0 Å². The third-order valence-corrected chi connectivity index (χ3v) is 2.50. The molecule has 1 heterocycles. The van der Waals surface area contributed by atoms with Crippen LogP contribution in [-0.4, -0.2) is 10.2 Å². The lowest BCUT2D eigenvalue weighted by atomic mass is 10.1. The summed E-state index contributed by atoms with van der Waals surface area (Å²) in [6, 6.07) is 12.5. The van der Waals surface area contributed by atoms with Crippen LogP contribution in [-0.2, 0) is 0 Å². The normalized spacial score (nSPS) is 10.1. The van der Waals surface area contributed by atoms with Crippen LogP contribution < -0.4 is 0 Å². The highest BCUT2D eigenvalue weighted by Crippen LogP contribution is 2.21. The summed E-state index contributed by atoms with van der Waals surface area (Å²) in [7, 11) is 0. The molecule has 0 aliphatic rings. The molecule has 0 aliphatic heterocycles. The lowest BCUT2D eigenvalue weighted by Gasteiger charge is -2.03. The number of rotatable bonds is 2. The predicted octanol–water partition coefficient (Wildman–Crippen LogP) is 3.78. The molecule has 2 rings (SSSR count). The molecule has 0 N–H and O–H groups in total. The minimum Gasteiger partial charge on any atom is -0.276 e. The first-order valence-corrected chi connectivity index (χ1v) is 5.35. The number of nitrogens with zero attached hydrogens (tertiary/aromatic N) is 1. The Kier molecular flexibility index (Phi) is 3.22. The SMILES string of the molecule is O=C(Cl)c1cc(Cl)nc(-c2ccccc2)c1. The van der Waals surface area contributed by atoms with E-state index in [1.807, 2.05) is 30.3 Å². The fourth-order valence-corrected chi connectivity index (χ4v) is 1.68. The molecule has 2 nitrogen and oxygen atoms in total. The van der Waals surface area contributed by atoms with Crippen LogP contribution in [0.1, 0.15) is 10.4 Å². The summed E-state index contributed by atoms with van der Waals surface area (Å²) in [6.45, 7) is 0. The Morgan fingerprint density at radius 2 is 1.81 bits per heavy atom. The Bertz CT molecular complexity index is 526. The zero-order chi connectivity index (χ0) is 11.5. The number of benzene rings is 1. The van der Waals surface area contributed by atoms with Gasteiger partial charge >= 0.3 is 0 Å². The quantitative estimate of drug-likeness (QED) is 0.601. The minimum atomic E-state index is -0.540. The van der Waals surface area contributed by atoms with Crippen molar-refractivity contribution in [2.24, 2.45) is 0 Å². The van der Waals surface area contributed by atoms with Crippen molar-refractivity contribution in [2.45, 2.75) is 0 Å². The first-order chi connectivity index (χ1) is 7.66. The summed E-state index contributed by atoms with van der Waals surface area (Å²) in [5.41, 5.74) is 1.88. The standard InChI is InChI=1S/C12H7Cl2NO/c13-11-7-9(12(14)16)6-10(15-11)8-4-2-1-3-5-8/h1-7H. The molecule has 0 aliphatic carbocycles. The molecule has 0 amide bonds. The number of hydrogen-bond acceptors (Lipinski definition) is 2. The first kappa shape index (κ1) is 11.1. The Hall–Kier alpha value is -1.38. The maximum atomic E-state index is 11.1. The molecule has 4 heteroatoms. The average Bonchev–Trinajstić information content (AvgIpc) is 2.29. The molecule has 1 aromatic heterocycles. The number of halogens is 2. The van der Waals surface area contributed by atoms with E-state index in [0.29, 0.717) is 11.3 Å². The molecule has 0 atom stereocenters. The molecule has 0 unspecified atom stereocenters.